The zero-order valence-electron chi connectivity index (χ0n) is 10.1. The first-order valence-electron chi connectivity index (χ1n) is 6.05. The molecule has 1 unspecified atom stereocenters. The number of rotatable bonds is 3. The zero-order chi connectivity index (χ0) is 13.1. The highest BCUT2D eigenvalue weighted by atomic mass is 32.1. The van der Waals surface area contributed by atoms with Crippen LogP contribution >= 0.6 is 12.2 Å². The minimum atomic E-state index is -0.269. The number of hydrogen-bond acceptors (Lipinski definition) is 3. The number of nitrogens with two attached hydrogens (primary N) is 1. The Hall–Kier alpha value is -1.04. The van der Waals surface area contributed by atoms with Crippen LogP contribution in [0.15, 0.2) is 24.3 Å². The third-order valence-electron chi connectivity index (χ3n) is 3.32. The second kappa shape index (κ2) is 5.73. The minimum Gasteiger partial charge on any atom is -0.393 e. The van der Waals surface area contributed by atoms with Gasteiger partial charge in [-0.05, 0) is 30.5 Å². The molecule has 0 saturated carbocycles. The molecule has 18 heavy (non-hydrogen) atoms. The normalized spacial score (nSPS) is 19.7. The molecule has 3 N–H and O–H groups in total. The molecule has 3 nitrogen and oxygen atoms in total. The lowest BCUT2D eigenvalue weighted by Crippen LogP contribution is -2.43. The van der Waals surface area contributed by atoms with Crippen LogP contribution in [0, 0.1) is 5.82 Å². The Bertz CT molecular complexity index is 416. The summed E-state index contributed by atoms with van der Waals surface area (Å²) in [4.78, 5) is 2.53. The molecule has 1 atom stereocenters. The van der Waals surface area contributed by atoms with Crippen molar-refractivity contribution in [2.75, 3.05) is 13.1 Å². The topological polar surface area (TPSA) is 49.5 Å². The maximum absolute atomic E-state index is 12.9. The van der Waals surface area contributed by atoms with Crippen LogP contribution in [0.4, 0.5) is 4.39 Å². The van der Waals surface area contributed by atoms with Crippen LogP contribution in [-0.4, -0.2) is 34.2 Å². The van der Waals surface area contributed by atoms with E-state index in [4.69, 9.17) is 18.0 Å². The molecule has 0 aliphatic carbocycles. The molecule has 1 heterocycles. The summed E-state index contributed by atoms with van der Waals surface area (Å²) in [6, 6.07) is 6.08. The number of aliphatic hydroxyl groups excluding tert-OH is 1. The summed E-state index contributed by atoms with van der Waals surface area (Å²) in [5.41, 5.74) is 6.71. The molecule has 1 aromatic rings. The van der Waals surface area contributed by atoms with Gasteiger partial charge < -0.3 is 10.8 Å². The number of nitrogens with zero attached hydrogens (tertiary/aromatic N) is 1. The van der Waals surface area contributed by atoms with Crippen molar-refractivity contribution in [3.05, 3.63) is 35.6 Å². The molecule has 1 aromatic carbocycles. The van der Waals surface area contributed by atoms with Gasteiger partial charge in [-0.25, -0.2) is 4.39 Å². The Morgan fingerprint density at radius 2 is 1.89 bits per heavy atom. The summed E-state index contributed by atoms with van der Waals surface area (Å²) >= 11 is 5.12. The van der Waals surface area contributed by atoms with Crippen molar-refractivity contribution in [1.82, 2.24) is 4.90 Å². The van der Waals surface area contributed by atoms with Gasteiger partial charge in [-0.1, -0.05) is 24.4 Å². The van der Waals surface area contributed by atoms with Crippen LogP contribution in [0.2, 0.25) is 0 Å². The quantitative estimate of drug-likeness (QED) is 0.818. The highest BCUT2D eigenvalue weighted by Gasteiger charge is 2.27. The fourth-order valence-electron chi connectivity index (χ4n) is 2.34. The number of likely N-dealkylation sites (tertiary alicyclic amines) is 1. The highest BCUT2D eigenvalue weighted by molar-refractivity contribution is 7.80. The Kier molecular flexibility index (Phi) is 4.27. The van der Waals surface area contributed by atoms with E-state index in [-0.39, 0.29) is 18.0 Å². The lowest BCUT2D eigenvalue weighted by molar-refractivity contribution is 0.0739. The molecule has 1 saturated heterocycles. The highest BCUT2D eigenvalue weighted by Crippen LogP contribution is 2.25. The van der Waals surface area contributed by atoms with Gasteiger partial charge in [0.1, 0.15) is 5.82 Å². The molecule has 1 aliphatic heterocycles. The maximum Gasteiger partial charge on any atom is 0.123 e. The molecule has 1 aliphatic rings. The molecule has 0 aromatic heterocycles. The van der Waals surface area contributed by atoms with Crippen LogP contribution < -0.4 is 5.73 Å². The van der Waals surface area contributed by atoms with Crippen LogP contribution in [0.5, 0.6) is 0 Å². The van der Waals surface area contributed by atoms with E-state index in [1.165, 1.54) is 12.1 Å². The number of benzene rings is 1. The summed E-state index contributed by atoms with van der Waals surface area (Å²) in [6.07, 6.45) is 1.21. The van der Waals surface area contributed by atoms with Crippen LogP contribution in [0.1, 0.15) is 24.4 Å². The largest absolute Gasteiger partial charge is 0.393 e. The van der Waals surface area contributed by atoms with Crippen molar-refractivity contribution >= 4 is 17.2 Å². The van der Waals surface area contributed by atoms with Crippen molar-refractivity contribution < 1.29 is 9.50 Å². The fourth-order valence-corrected chi connectivity index (χ4v) is 2.63. The summed E-state index contributed by atoms with van der Waals surface area (Å²) in [5, 5.41) is 9.51. The molecule has 0 bridgehead atoms. The minimum absolute atomic E-state index is 0.173. The Balaban J connectivity index is 2.18. The number of aliphatic hydroxyl groups is 1. The van der Waals surface area contributed by atoms with Gasteiger partial charge in [0.05, 0.1) is 17.1 Å². The van der Waals surface area contributed by atoms with E-state index in [0.717, 1.165) is 31.5 Å². The Morgan fingerprint density at radius 1 is 1.33 bits per heavy atom. The maximum atomic E-state index is 12.9. The summed E-state index contributed by atoms with van der Waals surface area (Å²) < 4.78 is 12.9. The first kappa shape index (κ1) is 13.4. The SMILES string of the molecule is NC(=S)C(c1ccc(F)cc1)N1CCC(O)CC1. The zero-order valence-corrected chi connectivity index (χ0v) is 10.9. The van der Waals surface area contributed by atoms with Crippen molar-refractivity contribution in [2.24, 2.45) is 5.73 Å². The smallest absolute Gasteiger partial charge is 0.123 e. The van der Waals surface area contributed by atoms with Gasteiger partial charge in [0.25, 0.3) is 0 Å². The number of thiocarbonyl (C=S) groups is 1. The predicted molar refractivity (Wildman–Crippen MR) is 72.7 cm³/mol. The van der Waals surface area contributed by atoms with Gasteiger partial charge in [0, 0.05) is 13.1 Å². The predicted octanol–water partition coefficient (Wildman–Crippen LogP) is 1.61. The van der Waals surface area contributed by atoms with E-state index >= 15 is 0 Å². The van der Waals surface area contributed by atoms with E-state index < -0.39 is 0 Å². The van der Waals surface area contributed by atoms with Gasteiger partial charge in [0.2, 0.25) is 0 Å². The van der Waals surface area contributed by atoms with Gasteiger partial charge in [-0.2, -0.15) is 0 Å². The average molecular weight is 268 g/mol. The molecular weight excluding hydrogens is 251 g/mol. The molecule has 2 rings (SSSR count). The number of piperidine rings is 1. The Labute approximate surface area is 111 Å². The van der Waals surface area contributed by atoms with Gasteiger partial charge >= 0.3 is 0 Å². The van der Waals surface area contributed by atoms with Crippen molar-refractivity contribution in [1.29, 1.82) is 0 Å². The fraction of sp³-hybridized carbons (Fsp3) is 0.462. The summed E-state index contributed by atoms with van der Waals surface area (Å²) in [5.74, 6) is -0.269. The summed E-state index contributed by atoms with van der Waals surface area (Å²) in [7, 11) is 0. The van der Waals surface area contributed by atoms with Crippen LogP contribution in [0.3, 0.4) is 0 Å². The van der Waals surface area contributed by atoms with Gasteiger partial charge in [-0.15, -0.1) is 0 Å². The second-order valence-electron chi connectivity index (χ2n) is 4.62. The molecule has 0 amide bonds. The third kappa shape index (κ3) is 3.04. The van der Waals surface area contributed by atoms with Crippen molar-refractivity contribution in [3.8, 4) is 0 Å². The summed E-state index contributed by atoms with van der Waals surface area (Å²) in [6.45, 7) is 1.50. The molecular formula is C13H17FN2OS. The second-order valence-corrected chi connectivity index (χ2v) is 5.10. The van der Waals surface area contributed by atoms with E-state index in [1.807, 2.05) is 0 Å². The van der Waals surface area contributed by atoms with Gasteiger partial charge in [0.15, 0.2) is 0 Å². The van der Waals surface area contributed by atoms with E-state index in [0.29, 0.717) is 4.99 Å². The van der Waals surface area contributed by atoms with E-state index in [2.05, 4.69) is 4.90 Å². The molecule has 1 fully saturated rings. The number of halogens is 1. The standard InChI is InChI=1S/C13H17FN2OS/c14-10-3-1-9(2-4-10)12(13(15)18)16-7-5-11(17)6-8-16/h1-4,11-12,17H,5-8H2,(H2,15,18). The van der Waals surface area contributed by atoms with Gasteiger partial charge in [-0.3, -0.25) is 4.90 Å². The molecule has 0 radical (unpaired) electrons. The Morgan fingerprint density at radius 3 is 2.39 bits per heavy atom. The third-order valence-corrected chi connectivity index (χ3v) is 3.54. The van der Waals surface area contributed by atoms with Crippen LogP contribution in [0.25, 0.3) is 0 Å². The first-order chi connectivity index (χ1) is 8.58. The lowest BCUT2D eigenvalue weighted by atomic mass is 10.0. The van der Waals surface area contributed by atoms with Crippen molar-refractivity contribution in [3.63, 3.8) is 0 Å². The van der Waals surface area contributed by atoms with E-state index in [1.54, 1.807) is 12.1 Å². The average Bonchev–Trinajstić information content (AvgIpc) is 2.34. The number of hydrogen-bond donors (Lipinski definition) is 2. The first-order valence-corrected chi connectivity index (χ1v) is 6.45. The van der Waals surface area contributed by atoms with Crippen molar-refractivity contribution in [2.45, 2.75) is 25.0 Å². The van der Waals surface area contributed by atoms with E-state index in [9.17, 15) is 9.50 Å². The monoisotopic (exact) mass is 268 g/mol. The lowest BCUT2D eigenvalue weighted by Gasteiger charge is -2.35. The molecule has 98 valence electrons. The molecule has 0 spiro atoms. The molecule has 5 heteroatoms. The van der Waals surface area contributed by atoms with Crippen LogP contribution in [-0.2, 0) is 0 Å².